The van der Waals surface area contributed by atoms with Gasteiger partial charge in [-0.1, -0.05) is 37.6 Å². The van der Waals surface area contributed by atoms with E-state index in [2.05, 4.69) is 31.2 Å². The molecule has 1 aliphatic heterocycles. The minimum Gasteiger partial charge on any atom is -0.379 e. The second-order valence-electron chi connectivity index (χ2n) is 4.42. The largest absolute Gasteiger partial charge is 0.379 e. The Bertz CT molecular complexity index is 314. The molecule has 15 heavy (non-hydrogen) atoms. The zero-order chi connectivity index (χ0) is 10.7. The van der Waals surface area contributed by atoms with E-state index >= 15 is 0 Å². The number of nitrogens with two attached hydrogens (primary N) is 1. The van der Waals surface area contributed by atoms with Crippen molar-refractivity contribution >= 4 is 0 Å². The Labute approximate surface area is 91.4 Å². The van der Waals surface area contributed by atoms with Gasteiger partial charge in [-0.05, 0) is 17.5 Å². The summed E-state index contributed by atoms with van der Waals surface area (Å²) in [4.78, 5) is 0. The first-order valence-corrected chi connectivity index (χ1v) is 5.68. The number of rotatable bonds is 4. The summed E-state index contributed by atoms with van der Waals surface area (Å²) in [6, 6.07) is 8.68. The molecule has 0 bridgehead atoms. The fraction of sp³-hybridized carbons (Fsp3) is 0.538. The van der Waals surface area contributed by atoms with E-state index in [0.29, 0.717) is 12.0 Å². The van der Waals surface area contributed by atoms with Crippen LogP contribution in [0, 0.1) is 0 Å². The number of hydrogen-bond acceptors (Lipinski definition) is 2. The fourth-order valence-corrected chi connectivity index (χ4v) is 2.28. The molecule has 1 fully saturated rings. The van der Waals surface area contributed by atoms with E-state index in [1.807, 2.05) is 0 Å². The number of benzene rings is 1. The minimum absolute atomic E-state index is 0.294. The summed E-state index contributed by atoms with van der Waals surface area (Å²) in [5.74, 6) is 0. The lowest BCUT2D eigenvalue weighted by Gasteiger charge is -2.42. The molecule has 2 nitrogen and oxygen atoms in total. The van der Waals surface area contributed by atoms with Crippen molar-refractivity contribution in [1.29, 1.82) is 0 Å². The third-order valence-corrected chi connectivity index (χ3v) is 3.29. The molecular formula is C13H19NO. The predicted molar refractivity (Wildman–Crippen MR) is 61.7 cm³/mol. The van der Waals surface area contributed by atoms with Crippen molar-refractivity contribution in [3.8, 4) is 0 Å². The van der Waals surface area contributed by atoms with Crippen LogP contribution in [-0.2, 0) is 16.7 Å². The second kappa shape index (κ2) is 4.33. The normalized spacial score (nSPS) is 18.5. The zero-order valence-corrected chi connectivity index (χ0v) is 9.33. The molecular weight excluding hydrogens is 186 g/mol. The van der Waals surface area contributed by atoms with Crippen LogP contribution >= 0.6 is 0 Å². The summed E-state index contributed by atoms with van der Waals surface area (Å²) >= 11 is 0. The molecule has 82 valence electrons. The molecule has 0 aromatic heterocycles. The smallest absolute Gasteiger partial charge is 0.0585 e. The third-order valence-electron chi connectivity index (χ3n) is 3.29. The van der Waals surface area contributed by atoms with Crippen LogP contribution in [0.15, 0.2) is 24.3 Å². The molecule has 2 N–H and O–H groups in total. The van der Waals surface area contributed by atoms with Gasteiger partial charge >= 0.3 is 0 Å². The lowest BCUT2D eigenvalue weighted by atomic mass is 9.75. The van der Waals surface area contributed by atoms with Gasteiger partial charge in [0.25, 0.3) is 0 Å². The van der Waals surface area contributed by atoms with Crippen molar-refractivity contribution in [1.82, 2.24) is 0 Å². The predicted octanol–water partition coefficient (Wildman–Crippen LogP) is 2.21. The highest BCUT2D eigenvalue weighted by atomic mass is 16.5. The van der Waals surface area contributed by atoms with Crippen LogP contribution in [0.2, 0.25) is 0 Å². The molecule has 2 heteroatoms. The Hall–Kier alpha value is -0.860. The molecule has 1 aromatic carbocycles. The minimum atomic E-state index is 0.294. The zero-order valence-electron chi connectivity index (χ0n) is 9.33. The Morgan fingerprint density at radius 2 is 1.93 bits per heavy atom. The molecule has 1 saturated heterocycles. The van der Waals surface area contributed by atoms with Crippen molar-refractivity contribution in [2.75, 3.05) is 13.2 Å². The van der Waals surface area contributed by atoms with Crippen LogP contribution in [0.4, 0.5) is 0 Å². The van der Waals surface area contributed by atoms with Crippen LogP contribution in [0.25, 0.3) is 0 Å². The first-order valence-electron chi connectivity index (χ1n) is 5.68. The lowest BCUT2D eigenvalue weighted by Crippen LogP contribution is -2.46. The summed E-state index contributed by atoms with van der Waals surface area (Å²) in [6.45, 7) is 4.61. The maximum atomic E-state index is 5.59. The van der Waals surface area contributed by atoms with Gasteiger partial charge in [-0.25, -0.2) is 0 Å². The highest BCUT2D eigenvalue weighted by Gasteiger charge is 2.39. The van der Waals surface area contributed by atoms with Gasteiger partial charge < -0.3 is 10.5 Å². The van der Waals surface area contributed by atoms with E-state index in [4.69, 9.17) is 10.5 Å². The maximum Gasteiger partial charge on any atom is 0.0585 e. The number of ether oxygens (including phenoxy) is 1. The van der Waals surface area contributed by atoms with Gasteiger partial charge in [-0.3, -0.25) is 0 Å². The van der Waals surface area contributed by atoms with E-state index in [0.717, 1.165) is 13.2 Å². The van der Waals surface area contributed by atoms with Crippen molar-refractivity contribution in [3.05, 3.63) is 35.4 Å². The molecule has 0 aliphatic carbocycles. The molecule has 0 saturated carbocycles. The summed E-state index contributed by atoms with van der Waals surface area (Å²) in [7, 11) is 0. The Kier molecular flexibility index (Phi) is 3.08. The van der Waals surface area contributed by atoms with Gasteiger partial charge in [-0.2, -0.15) is 0 Å². The van der Waals surface area contributed by atoms with E-state index in [9.17, 15) is 0 Å². The fourth-order valence-electron chi connectivity index (χ4n) is 2.28. The van der Waals surface area contributed by atoms with Crippen LogP contribution in [0.1, 0.15) is 30.9 Å². The Morgan fingerprint density at radius 3 is 2.33 bits per heavy atom. The summed E-state index contributed by atoms with van der Waals surface area (Å²) in [5.41, 5.74) is 8.49. The topological polar surface area (TPSA) is 35.2 Å². The molecule has 1 heterocycles. The highest BCUT2D eigenvalue weighted by Crippen LogP contribution is 2.36. The third kappa shape index (κ3) is 1.92. The molecule has 0 unspecified atom stereocenters. The molecule has 0 radical (unpaired) electrons. The molecule has 2 rings (SSSR count). The molecule has 1 aromatic rings. The van der Waals surface area contributed by atoms with Crippen molar-refractivity contribution in [3.63, 3.8) is 0 Å². The quantitative estimate of drug-likeness (QED) is 0.818. The first kappa shape index (κ1) is 10.7. The summed E-state index contributed by atoms with van der Waals surface area (Å²) in [6.07, 6.45) is 2.43. The molecule has 1 aliphatic rings. The van der Waals surface area contributed by atoms with Gasteiger partial charge in [0.05, 0.1) is 13.2 Å². The van der Waals surface area contributed by atoms with Crippen LogP contribution in [0.5, 0.6) is 0 Å². The summed E-state index contributed by atoms with van der Waals surface area (Å²) < 4.78 is 5.38. The van der Waals surface area contributed by atoms with Crippen LogP contribution in [-0.4, -0.2) is 13.2 Å². The molecule has 0 spiro atoms. The van der Waals surface area contributed by atoms with Gasteiger partial charge in [0.15, 0.2) is 0 Å². The second-order valence-corrected chi connectivity index (χ2v) is 4.42. The molecule has 0 amide bonds. The monoisotopic (exact) mass is 205 g/mol. The SMILES string of the molecule is CCCC1(c2ccc(CN)cc2)COC1. The van der Waals surface area contributed by atoms with Gasteiger partial charge in [0, 0.05) is 12.0 Å². The van der Waals surface area contributed by atoms with Crippen molar-refractivity contribution < 1.29 is 4.74 Å². The first-order chi connectivity index (χ1) is 7.30. The lowest BCUT2D eigenvalue weighted by molar-refractivity contribution is -0.0646. The highest BCUT2D eigenvalue weighted by molar-refractivity contribution is 5.31. The maximum absolute atomic E-state index is 5.59. The molecule has 0 atom stereocenters. The van der Waals surface area contributed by atoms with Crippen LogP contribution in [0.3, 0.4) is 0 Å². The summed E-state index contributed by atoms with van der Waals surface area (Å²) in [5, 5.41) is 0. The standard InChI is InChI=1S/C13H19NO/c1-2-7-13(9-15-10-13)12-5-3-11(8-14)4-6-12/h3-6H,2,7-10,14H2,1H3. The average molecular weight is 205 g/mol. The van der Waals surface area contributed by atoms with Crippen LogP contribution < -0.4 is 5.73 Å². The van der Waals surface area contributed by atoms with Gasteiger partial charge in [0.2, 0.25) is 0 Å². The van der Waals surface area contributed by atoms with E-state index < -0.39 is 0 Å². The van der Waals surface area contributed by atoms with E-state index in [-0.39, 0.29) is 0 Å². The Balaban J connectivity index is 2.19. The van der Waals surface area contributed by atoms with E-state index in [1.165, 1.54) is 24.0 Å². The average Bonchev–Trinajstić information content (AvgIpc) is 2.24. The number of hydrogen-bond donors (Lipinski definition) is 1. The van der Waals surface area contributed by atoms with Gasteiger partial charge in [0.1, 0.15) is 0 Å². The van der Waals surface area contributed by atoms with E-state index in [1.54, 1.807) is 0 Å². The Morgan fingerprint density at radius 1 is 1.27 bits per heavy atom. The van der Waals surface area contributed by atoms with Crippen molar-refractivity contribution in [2.24, 2.45) is 5.73 Å². The van der Waals surface area contributed by atoms with Gasteiger partial charge in [-0.15, -0.1) is 0 Å². The van der Waals surface area contributed by atoms with Crippen molar-refractivity contribution in [2.45, 2.75) is 31.7 Å².